The molecule has 0 bridgehead atoms. The number of aromatic nitrogens is 1. The molecule has 118 valence electrons. The number of aliphatic carboxylic acids is 1. The molecule has 4 nitrogen and oxygen atoms in total. The smallest absolute Gasteiger partial charge is 0.346 e. The average molecular weight is 316 g/mol. The van der Waals surface area contributed by atoms with E-state index < -0.39 is 5.97 Å². The second-order valence-electron chi connectivity index (χ2n) is 5.64. The third-order valence-electron chi connectivity index (χ3n) is 4.13. The number of rotatable bonds is 3. The largest absolute Gasteiger partial charge is 0.477 e. The predicted molar refractivity (Wildman–Crippen MR) is 94.0 cm³/mol. The van der Waals surface area contributed by atoms with Crippen LogP contribution in [-0.4, -0.2) is 15.6 Å². The van der Waals surface area contributed by atoms with Crippen LogP contribution in [0.4, 0.5) is 0 Å². The molecule has 0 fully saturated rings. The van der Waals surface area contributed by atoms with E-state index in [1.807, 2.05) is 44.2 Å². The van der Waals surface area contributed by atoms with Gasteiger partial charge in [0.15, 0.2) is 0 Å². The number of benzene rings is 2. The minimum atomic E-state index is -1.22. The second kappa shape index (κ2) is 6.05. The zero-order valence-electron chi connectivity index (χ0n) is 13.4. The molecular weight excluding hydrogens is 300 g/mol. The highest BCUT2D eigenvalue weighted by Crippen LogP contribution is 2.28. The molecule has 0 aliphatic carbocycles. The monoisotopic (exact) mass is 316 g/mol. The number of carboxylic acid groups (broad SMARTS) is 1. The fourth-order valence-corrected chi connectivity index (χ4v) is 3.01. The molecule has 3 rings (SSSR count). The van der Waals surface area contributed by atoms with Gasteiger partial charge in [-0.15, -0.1) is 0 Å². The van der Waals surface area contributed by atoms with E-state index in [2.05, 4.69) is 22.8 Å². The molecule has 0 radical (unpaired) electrons. The summed E-state index contributed by atoms with van der Waals surface area (Å²) in [6, 6.07) is 17.9. The highest BCUT2D eigenvalue weighted by Gasteiger charge is 2.14. The van der Waals surface area contributed by atoms with Crippen LogP contribution in [-0.2, 0) is 4.79 Å². The SMILES string of the molecule is Cc1cc(/C=C(\C#N)C(=O)O)c(C)n1-c1cccc2ccccc12. The Balaban J connectivity index is 2.24. The van der Waals surface area contributed by atoms with Crippen molar-refractivity contribution in [1.82, 2.24) is 4.57 Å². The quantitative estimate of drug-likeness (QED) is 0.580. The van der Waals surface area contributed by atoms with E-state index in [1.165, 1.54) is 6.08 Å². The van der Waals surface area contributed by atoms with Crippen LogP contribution in [0.25, 0.3) is 22.5 Å². The minimum Gasteiger partial charge on any atom is -0.477 e. The van der Waals surface area contributed by atoms with Gasteiger partial charge in [-0.1, -0.05) is 36.4 Å². The Labute approximate surface area is 139 Å². The van der Waals surface area contributed by atoms with Gasteiger partial charge in [-0.3, -0.25) is 0 Å². The summed E-state index contributed by atoms with van der Waals surface area (Å²) in [5, 5.41) is 20.3. The number of carboxylic acids is 1. The molecule has 1 N–H and O–H groups in total. The summed E-state index contributed by atoms with van der Waals surface area (Å²) in [5.41, 5.74) is 3.39. The van der Waals surface area contributed by atoms with Crippen LogP contribution >= 0.6 is 0 Å². The van der Waals surface area contributed by atoms with Gasteiger partial charge in [-0.2, -0.15) is 5.26 Å². The second-order valence-corrected chi connectivity index (χ2v) is 5.64. The molecule has 2 aromatic carbocycles. The van der Waals surface area contributed by atoms with Crippen LogP contribution in [0.3, 0.4) is 0 Å². The number of hydrogen-bond acceptors (Lipinski definition) is 2. The van der Waals surface area contributed by atoms with Crippen LogP contribution in [0.2, 0.25) is 0 Å². The molecule has 0 amide bonds. The van der Waals surface area contributed by atoms with Crippen molar-refractivity contribution >= 4 is 22.8 Å². The van der Waals surface area contributed by atoms with Gasteiger partial charge in [0.1, 0.15) is 11.6 Å². The zero-order chi connectivity index (χ0) is 17.3. The Bertz CT molecular complexity index is 1010. The van der Waals surface area contributed by atoms with Crippen LogP contribution in [0.1, 0.15) is 17.0 Å². The van der Waals surface area contributed by atoms with Crippen molar-refractivity contribution < 1.29 is 9.90 Å². The molecular formula is C20H16N2O2. The first-order valence-electron chi connectivity index (χ1n) is 7.55. The molecule has 0 aliphatic rings. The van der Waals surface area contributed by atoms with Crippen molar-refractivity contribution in [3.8, 4) is 11.8 Å². The highest BCUT2D eigenvalue weighted by molar-refractivity contribution is 5.97. The minimum absolute atomic E-state index is 0.270. The molecule has 0 unspecified atom stereocenters. The van der Waals surface area contributed by atoms with Crippen LogP contribution in [0, 0.1) is 25.2 Å². The lowest BCUT2D eigenvalue weighted by molar-refractivity contribution is -0.132. The summed E-state index contributed by atoms with van der Waals surface area (Å²) in [6.07, 6.45) is 1.42. The maximum Gasteiger partial charge on any atom is 0.346 e. The van der Waals surface area contributed by atoms with Gasteiger partial charge in [0, 0.05) is 16.8 Å². The van der Waals surface area contributed by atoms with E-state index >= 15 is 0 Å². The van der Waals surface area contributed by atoms with Crippen molar-refractivity contribution in [2.45, 2.75) is 13.8 Å². The molecule has 1 heterocycles. The fraction of sp³-hybridized carbons (Fsp3) is 0.100. The number of fused-ring (bicyclic) bond motifs is 1. The molecule has 1 aromatic heterocycles. The van der Waals surface area contributed by atoms with Crippen molar-refractivity contribution in [2.75, 3.05) is 0 Å². The molecule has 0 spiro atoms. The summed E-state index contributed by atoms with van der Waals surface area (Å²) >= 11 is 0. The van der Waals surface area contributed by atoms with Gasteiger partial charge in [-0.05, 0) is 43.0 Å². The summed E-state index contributed by atoms with van der Waals surface area (Å²) in [5.74, 6) is -1.22. The van der Waals surface area contributed by atoms with E-state index in [0.717, 1.165) is 33.4 Å². The lowest BCUT2D eigenvalue weighted by Crippen LogP contribution is -2.01. The molecule has 0 saturated heterocycles. The normalized spacial score (nSPS) is 11.5. The number of aryl methyl sites for hydroxylation is 1. The Hall–Kier alpha value is -3.32. The Morgan fingerprint density at radius 2 is 1.88 bits per heavy atom. The topological polar surface area (TPSA) is 66.0 Å². The maximum absolute atomic E-state index is 11.1. The van der Waals surface area contributed by atoms with Gasteiger partial charge in [0.05, 0.1) is 5.69 Å². The lowest BCUT2D eigenvalue weighted by atomic mass is 10.1. The maximum atomic E-state index is 11.1. The number of nitrogens with zero attached hydrogens (tertiary/aromatic N) is 2. The third-order valence-corrected chi connectivity index (χ3v) is 4.13. The molecule has 0 saturated carbocycles. The highest BCUT2D eigenvalue weighted by atomic mass is 16.4. The van der Waals surface area contributed by atoms with E-state index in [1.54, 1.807) is 6.07 Å². The van der Waals surface area contributed by atoms with Crippen molar-refractivity contribution in [1.29, 1.82) is 5.26 Å². The Morgan fingerprint density at radius 1 is 1.17 bits per heavy atom. The summed E-state index contributed by atoms with van der Waals surface area (Å²) in [4.78, 5) is 11.1. The summed E-state index contributed by atoms with van der Waals surface area (Å²) in [6.45, 7) is 3.90. The standard InChI is InChI=1S/C20H16N2O2/c1-13-10-16(11-17(12-21)20(23)24)14(2)22(13)19-9-5-7-15-6-3-4-8-18(15)19/h3-11H,1-2H3,(H,23,24)/b17-11+. The lowest BCUT2D eigenvalue weighted by Gasteiger charge is -2.13. The van der Waals surface area contributed by atoms with Crippen LogP contribution in [0.5, 0.6) is 0 Å². The molecule has 4 heteroatoms. The summed E-state index contributed by atoms with van der Waals surface area (Å²) < 4.78 is 2.09. The number of carbonyl (C=O) groups is 1. The third kappa shape index (κ3) is 2.57. The van der Waals surface area contributed by atoms with Crippen LogP contribution in [0.15, 0.2) is 54.1 Å². The van der Waals surface area contributed by atoms with Gasteiger partial charge >= 0.3 is 5.97 Å². The molecule has 0 atom stereocenters. The number of hydrogen-bond donors (Lipinski definition) is 1. The van der Waals surface area contributed by atoms with Crippen molar-refractivity contribution in [2.24, 2.45) is 0 Å². The van der Waals surface area contributed by atoms with E-state index in [-0.39, 0.29) is 5.57 Å². The van der Waals surface area contributed by atoms with Gasteiger partial charge in [0.2, 0.25) is 0 Å². The molecule has 3 aromatic rings. The molecule has 0 aliphatic heterocycles. The zero-order valence-corrected chi connectivity index (χ0v) is 13.4. The predicted octanol–water partition coefficient (Wildman–Crippen LogP) is 4.24. The first-order valence-corrected chi connectivity index (χ1v) is 7.55. The van der Waals surface area contributed by atoms with E-state index in [0.29, 0.717) is 0 Å². The Kier molecular flexibility index (Phi) is 3.93. The van der Waals surface area contributed by atoms with Gasteiger partial charge < -0.3 is 9.67 Å². The Morgan fingerprint density at radius 3 is 2.58 bits per heavy atom. The fourth-order valence-electron chi connectivity index (χ4n) is 3.01. The molecule has 24 heavy (non-hydrogen) atoms. The first-order chi connectivity index (χ1) is 11.5. The van der Waals surface area contributed by atoms with Crippen LogP contribution < -0.4 is 0 Å². The summed E-state index contributed by atoms with van der Waals surface area (Å²) in [7, 11) is 0. The first kappa shape index (κ1) is 15.6. The number of nitriles is 1. The van der Waals surface area contributed by atoms with E-state index in [4.69, 9.17) is 10.4 Å². The average Bonchev–Trinajstić information content (AvgIpc) is 2.85. The van der Waals surface area contributed by atoms with Gasteiger partial charge in [-0.25, -0.2) is 4.79 Å². The van der Waals surface area contributed by atoms with Gasteiger partial charge in [0.25, 0.3) is 0 Å². The van der Waals surface area contributed by atoms with Crippen molar-refractivity contribution in [3.63, 3.8) is 0 Å². The van der Waals surface area contributed by atoms with E-state index in [9.17, 15) is 4.79 Å². The van der Waals surface area contributed by atoms with Crippen molar-refractivity contribution in [3.05, 3.63) is 71.1 Å².